The molecule has 2 heterocycles. The molecule has 4 rings (SSSR count). The summed E-state index contributed by atoms with van der Waals surface area (Å²) < 4.78 is 5.52. The summed E-state index contributed by atoms with van der Waals surface area (Å²) in [5, 5.41) is 4.89. The van der Waals surface area contributed by atoms with Crippen LogP contribution in [0, 0.1) is 0 Å². The lowest BCUT2D eigenvalue weighted by Crippen LogP contribution is -2.45. The van der Waals surface area contributed by atoms with Crippen LogP contribution in [0.15, 0.2) is 53.1 Å². The van der Waals surface area contributed by atoms with Crippen molar-refractivity contribution < 1.29 is 14.1 Å². The first-order valence-corrected chi connectivity index (χ1v) is 9.03. The molecule has 1 atom stereocenters. The van der Waals surface area contributed by atoms with E-state index in [1.807, 2.05) is 36.4 Å². The number of likely N-dealkylation sites (N-methyl/N-ethyl adjacent to an activating group) is 1. The number of nitrogens with zero attached hydrogens (tertiary/aromatic N) is 3. The van der Waals surface area contributed by atoms with Crippen molar-refractivity contribution in [3.05, 3.63) is 54.1 Å². The monoisotopic (exact) mass is 363 g/mol. The van der Waals surface area contributed by atoms with Crippen LogP contribution in [0.25, 0.3) is 22.2 Å². The quantitative estimate of drug-likeness (QED) is 0.717. The van der Waals surface area contributed by atoms with Gasteiger partial charge in [0, 0.05) is 31.8 Å². The Bertz CT molecular complexity index is 994. The van der Waals surface area contributed by atoms with E-state index in [-0.39, 0.29) is 17.9 Å². The van der Waals surface area contributed by atoms with Gasteiger partial charge in [0.25, 0.3) is 5.91 Å². The molecule has 0 bridgehead atoms. The molecule has 0 N–H and O–H groups in total. The van der Waals surface area contributed by atoms with Gasteiger partial charge >= 0.3 is 0 Å². The first-order valence-electron chi connectivity index (χ1n) is 9.03. The molecule has 1 unspecified atom stereocenters. The van der Waals surface area contributed by atoms with Crippen LogP contribution in [0.1, 0.15) is 23.2 Å². The van der Waals surface area contributed by atoms with E-state index in [0.29, 0.717) is 29.8 Å². The zero-order valence-corrected chi connectivity index (χ0v) is 15.4. The molecule has 0 aliphatic carbocycles. The Balaban J connectivity index is 1.70. The number of hydrogen-bond donors (Lipinski definition) is 0. The highest BCUT2D eigenvalue weighted by atomic mass is 16.5. The Kier molecular flexibility index (Phi) is 4.39. The van der Waals surface area contributed by atoms with Gasteiger partial charge in [-0.1, -0.05) is 35.5 Å². The van der Waals surface area contributed by atoms with Crippen molar-refractivity contribution in [2.45, 2.75) is 18.9 Å². The van der Waals surface area contributed by atoms with Gasteiger partial charge in [0.05, 0.1) is 5.39 Å². The molecule has 2 aromatic carbocycles. The molecule has 1 aliphatic rings. The van der Waals surface area contributed by atoms with E-state index in [1.165, 1.54) is 0 Å². The van der Waals surface area contributed by atoms with E-state index in [9.17, 15) is 9.59 Å². The summed E-state index contributed by atoms with van der Waals surface area (Å²) in [5.41, 5.74) is 2.15. The number of amides is 2. The molecule has 6 heteroatoms. The predicted octanol–water partition coefficient (Wildman–Crippen LogP) is 3.19. The second-order valence-corrected chi connectivity index (χ2v) is 7.00. The zero-order chi connectivity index (χ0) is 19.0. The number of aromatic nitrogens is 1. The summed E-state index contributed by atoms with van der Waals surface area (Å²) in [6.45, 7) is 0.594. The van der Waals surface area contributed by atoms with Crippen LogP contribution in [0.2, 0.25) is 0 Å². The number of hydrogen-bond acceptors (Lipinski definition) is 4. The third kappa shape index (κ3) is 3.07. The van der Waals surface area contributed by atoms with Gasteiger partial charge in [0.1, 0.15) is 11.6 Å². The van der Waals surface area contributed by atoms with Gasteiger partial charge in [-0.2, -0.15) is 0 Å². The SMILES string of the molecule is CN(C)C(=O)C1CCCN1C(=O)c1ccc2noc(-c3ccccc3)c2c1. The molecule has 1 fully saturated rings. The van der Waals surface area contributed by atoms with E-state index >= 15 is 0 Å². The van der Waals surface area contributed by atoms with Crippen molar-refractivity contribution in [3.63, 3.8) is 0 Å². The fourth-order valence-corrected chi connectivity index (χ4v) is 3.60. The molecule has 2 amide bonds. The van der Waals surface area contributed by atoms with Crippen molar-refractivity contribution in [1.29, 1.82) is 0 Å². The third-order valence-corrected chi connectivity index (χ3v) is 5.00. The number of likely N-dealkylation sites (tertiary alicyclic amines) is 1. The van der Waals surface area contributed by atoms with Crippen molar-refractivity contribution in [2.24, 2.45) is 0 Å². The Hall–Kier alpha value is -3.15. The molecule has 1 aliphatic heterocycles. The van der Waals surface area contributed by atoms with Crippen molar-refractivity contribution in [3.8, 4) is 11.3 Å². The van der Waals surface area contributed by atoms with E-state index in [4.69, 9.17) is 4.52 Å². The second kappa shape index (κ2) is 6.87. The number of fused-ring (bicyclic) bond motifs is 1. The molecule has 6 nitrogen and oxygen atoms in total. The van der Waals surface area contributed by atoms with E-state index in [1.54, 1.807) is 36.0 Å². The van der Waals surface area contributed by atoms with Crippen LogP contribution >= 0.6 is 0 Å². The predicted molar refractivity (Wildman–Crippen MR) is 102 cm³/mol. The molecule has 1 aromatic heterocycles. The highest BCUT2D eigenvalue weighted by Crippen LogP contribution is 2.30. The van der Waals surface area contributed by atoms with Gasteiger partial charge in [0.2, 0.25) is 5.91 Å². The molecular formula is C21H21N3O3. The highest BCUT2D eigenvalue weighted by Gasteiger charge is 2.35. The van der Waals surface area contributed by atoms with Crippen LogP contribution < -0.4 is 0 Å². The average molecular weight is 363 g/mol. The van der Waals surface area contributed by atoms with Gasteiger partial charge in [-0.15, -0.1) is 0 Å². The lowest BCUT2D eigenvalue weighted by molar-refractivity contribution is -0.132. The van der Waals surface area contributed by atoms with Gasteiger partial charge in [-0.25, -0.2) is 0 Å². The summed E-state index contributed by atoms with van der Waals surface area (Å²) in [6, 6.07) is 14.6. The zero-order valence-electron chi connectivity index (χ0n) is 15.4. The van der Waals surface area contributed by atoms with Crippen LogP contribution in [-0.2, 0) is 4.79 Å². The lowest BCUT2D eigenvalue weighted by atomic mass is 10.1. The Morgan fingerprint density at radius 3 is 2.67 bits per heavy atom. The summed E-state index contributed by atoms with van der Waals surface area (Å²) >= 11 is 0. The molecule has 0 radical (unpaired) electrons. The Morgan fingerprint density at radius 1 is 1.15 bits per heavy atom. The van der Waals surface area contributed by atoms with Gasteiger partial charge < -0.3 is 14.3 Å². The minimum absolute atomic E-state index is 0.0307. The minimum atomic E-state index is -0.390. The number of rotatable bonds is 3. The maximum atomic E-state index is 13.1. The van der Waals surface area contributed by atoms with Crippen LogP contribution in [-0.4, -0.2) is 53.5 Å². The number of benzene rings is 2. The van der Waals surface area contributed by atoms with Crippen molar-refractivity contribution in [1.82, 2.24) is 15.0 Å². The molecule has 1 saturated heterocycles. The van der Waals surface area contributed by atoms with Crippen molar-refractivity contribution >= 4 is 22.7 Å². The normalized spacial score (nSPS) is 16.7. The van der Waals surface area contributed by atoms with Gasteiger partial charge in [0.15, 0.2) is 5.76 Å². The van der Waals surface area contributed by atoms with Crippen molar-refractivity contribution in [2.75, 3.05) is 20.6 Å². The second-order valence-electron chi connectivity index (χ2n) is 7.00. The van der Waals surface area contributed by atoms with Crippen LogP contribution in [0.5, 0.6) is 0 Å². The molecule has 0 spiro atoms. The maximum Gasteiger partial charge on any atom is 0.254 e. The first-order chi connectivity index (χ1) is 13.1. The Morgan fingerprint density at radius 2 is 1.93 bits per heavy atom. The van der Waals surface area contributed by atoms with E-state index in [2.05, 4.69) is 5.16 Å². The smallest absolute Gasteiger partial charge is 0.254 e. The standard InChI is InChI=1S/C21H21N3O3/c1-23(2)21(26)18-9-6-12-24(18)20(25)15-10-11-17-16(13-15)19(27-22-17)14-7-4-3-5-8-14/h3-5,7-8,10-11,13,18H,6,9,12H2,1-2H3. The fourth-order valence-electron chi connectivity index (χ4n) is 3.60. The third-order valence-electron chi connectivity index (χ3n) is 5.00. The van der Waals surface area contributed by atoms with Crippen LogP contribution in [0.3, 0.4) is 0 Å². The highest BCUT2D eigenvalue weighted by molar-refractivity contribution is 6.02. The van der Waals surface area contributed by atoms with E-state index < -0.39 is 0 Å². The first kappa shape index (κ1) is 17.3. The average Bonchev–Trinajstić information content (AvgIpc) is 3.34. The minimum Gasteiger partial charge on any atom is -0.355 e. The Labute approximate surface area is 157 Å². The summed E-state index contributed by atoms with van der Waals surface area (Å²) in [7, 11) is 3.44. The maximum absolute atomic E-state index is 13.1. The lowest BCUT2D eigenvalue weighted by Gasteiger charge is -2.26. The summed E-state index contributed by atoms with van der Waals surface area (Å²) in [4.78, 5) is 28.7. The van der Waals surface area contributed by atoms with Crippen LogP contribution in [0.4, 0.5) is 0 Å². The summed E-state index contributed by atoms with van der Waals surface area (Å²) in [5.74, 6) is 0.481. The van der Waals surface area contributed by atoms with E-state index in [0.717, 1.165) is 17.4 Å². The molecule has 138 valence electrons. The van der Waals surface area contributed by atoms with Gasteiger partial charge in [-0.05, 0) is 31.0 Å². The fraction of sp³-hybridized carbons (Fsp3) is 0.286. The number of carbonyl (C=O) groups is 2. The molecule has 0 saturated carbocycles. The molecular weight excluding hydrogens is 342 g/mol. The largest absolute Gasteiger partial charge is 0.355 e. The molecule has 27 heavy (non-hydrogen) atoms. The molecule has 3 aromatic rings. The number of carbonyl (C=O) groups excluding carboxylic acids is 2. The van der Waals surface area contributed by atoms with Gasteiger partial charge in [-0.3, -0.25) is 9.59 Å². The topological polar surface area (TPSA) is 66.7 Å². The summed E-state index contributed by atoms with van der Waals surface area (Å²) in [6.07, 6.45) is 1.54.